The van der Waals surface area contributed by atoms with Crippen LogP contribution < -0.4 is 27.2 Å². The second-order valence-electron chi connectivity index (χ2n) is 9.35. The van der Waals surface area contributed by atoms with Crippen LogP contribution in [0.3, 0.4) is 0 Å². The summed E-state index contributed by atoms with van der Waals surface area (Å²) in [6.45, 7) is 4.27. The number of anilines is 2. The Morgan fingerprint density at radius 1 is 0.949 bits per heavy atom. The van der Waals surface area contributed by atoms with E-state index < -0.39 is 11.4 Å². The molecule has 5 aromatic rings. The van der Waals surface area contributed by atoms with Crippen molar-refractivity contribution in [1.82, 2.24) is 34.1 Å². The van der Waals surface area contributed by atoms with Crippen molar-refractivity contribution >= 4 is 22.8 Å². The summed E-state index contributed by atoms with van der Waals surface area (Å²) in [6.07, 6.45) is 0. The zero-order valence-electron chi connectivity index (χ0n) is 22.2. The molecule has 0 bridgehead atoms. The van der Waals surface area contributed by atoms with Gasteiger partial charge in [0.05, 0.1) is 25.7 Å². The summed E-state index contributed by atoms with van der Waals surface area (Å²) in [5.74, 6) is 1.22. The lowest BCUT2D eigenvalue weighted by atomic mass is 10.1. The molecule has 0 atom stereocenters. The van der Waals surface area contributed by atoms with Crippen LogP contribution in [0.15, 0.2) is 58.1 Å². The van der Waals surface area contributed by atoms with Gasteiger partial charge in [0.2, 0.25) is 5.95 Å². The maximum atomic E-state index is 13.8. The van der Waals surface area contributed by atoms with Crippen molar-refractivity contribution in [3.8, 4) is 5.75 Å². The van der Waals surface area contributed by atoms with E-state index in [1.165, 1.54) is 4.57 Å². The van der Waals surface area contributed by atoms with E-state index in [1.54, 1.807) is 18.8 Å². The van der Waals surface area contributed by atoms with Crippen LogP contribution in [0, 0.1) is 13.8 Å². The maximum absolute atomic E-state index is 13.8. The summed E-state index contributed by atoms with van der Waals surface area (Å²) in [4.78, 5) is 35.5. The van der Waals surface area contributed by atoms with Gasteiger partial charge in [-0.3, -0.25) is 4.57 Å². The predicted molar refractivity (Wildman–Crippen MR) is 148 cm³/mol. The van der Waals surface area contributed by atoms with Crippen LogP contribution in [0.1, 0.15) is 27.9 Å². The molecule has 0 aliphatic carbocycles. The first-order chi connectivity index (χ1) is 18.7. The predicted octanol–water partition coefficient (Wildman–Crippen LogP) is 2.00. The fourth-order valence-corrected chi connectivity index (χ4v) is 4.51. The molecule has 0 radical (unpaired) electrons. The number of hydrogen-bond acceptors (Lipinski definition) is 9. The van der Waals surface area contributed by atoms with E-state index in [9.17, 15) is 9.59 Å². The molecule has 2 aromatic carbocycles. The fraction of sp³-hybridized carbons (Fsp3) is 0.259. The average Bonchev–Trinajstić information content (AvgIpc) is 3.28. The Labute approximate surface area is 223 Å². The number of nitrogens with one attached hydrogen (secondary N) is 1. The molecule has 0 fully saturated rings. The number of hydrogen-bond donors (Lipinski definition) is 2. The topological polar surface area (TPSA) is 148 Å². The summed E-state index contributed by atoms with van der Waals surface area (Å²) in [5.41, 5.74) is 10.6. The van der Waals surface area contributed by atoms with Gasteiger partial charge in [0.15, 0.2) is 0 Å². The number of nitrogens with zero attached hydrogens (tertiary/aromatic N) is 7. The van der Waals surface area contributed by atoms with E-state index in [2.05, 4.69) is 25.6 Å². The van der Waals surface area contributed by atoms with Gasteiger partial charge in [-0.2, -0.15) is 4.98 Å². The average molecular weight is 528 g/mol. The van der Waals surface area contributed by atoms with Gasteiger partial charge in [-0.15, -0.1) is 5.10 Å². The van der Waals surface area contributed by atoms with Crippen molar-refractivity contribution in [3.05, 3.63) is 97.4 Å². The van der Waals surface area contributed by atoms with E-state index in [0.717, 1.165) is 38.0 Å². The van der Waals surface area contributed by atoms with Gasteiger partial charge in [0, 0.05) is 24.8 Å². The van der Waals surface area contributed by atoms with Crippen molar-refractivity contribution in [2.24, 2.45) is 7.05 Å². The summed E-state index contributed by atoms with van der Waals surface area (Å²) >= 11 is 0. The lowest BCUT2D eigenvalue weighted by molar-refractivity contribution is 0.414. The van der Waals surface area contributed by atoms with Crippen LogP contribution >= 0.6 is 0 Å². The van der Waals surface area contributed by atoms with Gasteiger partial charge in [0.25, 0.3) is 0 Å². The molecule has 5 rings (SSSR count). The molecule has 3 N–H and O–H groups in total. The van der Waals surface area contributed by atoms with Gasteiger partial charge in [-0.1, -0.05) is 23.4 Å². The molecule has 0 amide bonds. The highest BCUT2D eigenvalue weighted by molar-refractivity contribution is 5.74. The first kappa shape index (κ1) is 25.6. The smallest absolute Gasteiger partial charge is 0.355 e. The van der Waals surface area contributed by atoms with E-state index >= 15 is 0 Å². The highest BCUT2D eigenvalue weighted by atomic mass is 16.5. The number of aryl methyl sites for hydroxylation is 3. The van der Waals surface area contributed by atoms with Crippen molar-refractivity contribution < 1.29 is 4.74 Å². The minimum atomic E-state index is -0.667. The standard InChI is InChI=1S/C27H29N9O3/c1-16-11-17(2)30-24(28)21(16)13-29-25-31-26(37)36(15-19-7-10-23-22(12-19)32-33-34(23)3)27(38)35(25)14-18-5-8-20(39-4)9-6-18/h5-12H,13-15H2,1-4H3,(H2,28,30)(H,29,31,37). The molecule has 0 aliphatic heterocycles. The molecule has 200 valence electrons. The summed E-state index contributed by atoms with van der Waals surface area (Å²) in [6, 6.07) is 14.8. The summed E-state index contributed by atoms with van der Waals surface area (Å²) < 4.78 is 9.46. The third-order valence-electron chi connectivity index (χ3n) is 6.60. The Balaban J connectivity index is 1.54. The molecule has 39 heavy (non-hydrogen) atoms. The van der Waals surface area contributed by atoms with Gasteiger partial charge in [-0.25, -0.2) is 23.8 Å². The monoisotopic (exact) mass is 527 g/mol. The van der Waals surface area contributed by atoms with Crippen LogP contribution in [0.4, 0.5) is 11.8 Å². The van der Waals surface area contributed by atoms with Crippen molar-refractivity contribution in [2.75, 3.05) is 18.2 Å². The number of pyridine rings is 1. The van der Waals surface area contributed by atoms with Crippen molar-refractivity contribution in [1.29, 1.82) is 0 Å². The number of methoxy groups -OCH3 is 1. The second-order valence-corrected chi connectivity index (χ2v) is 9.35. The second kappa shape index (κ2) is 10.4. The molecule has 0 aliphatic rings. The first-order valence-electron chi connectivity index (χ1n) is 12.3. The third-order valence-corrected chi connectivity index (χ3v) is 6.60. The highest BCUT2D eigenvalue weighted by Gasteiger charge is 2.16. The number of fused-ring (bicyclic) bond motifs is 1. The molecule has 0 saturated carbocycles. The third kappa shape index (κ3) is 5.21. The number of aromatic nitrogens is 7. The number of ether oxygens (including phenoxy) is 1. The summed E-state index contributed by atoms with van der Waals surface area (Å²) in [5, 5.41) is 11.3. The van der Waals surface area contributed by atoms with Crippen molar-refractivity contribution in [2.45, 2.75) is 33.5 Å². The van der Waals surface area contributed by atoms with Crippen molar-refractivity contribution in [3.63, 3.8) is 0 Å². The van der Waals surface area contributed by atoms with Crippen LogP contribution in [-0.2, 0) is 26.7 Å². The lowest BCUT2D eigenvalue weighted by Gasteiger charge is -2.17. The normalized spacial score (nSPS) is 11.2. The summed E-state index contributed by atoms with van der Waals surface area (Å²) in [7, 11) is 3.39. The Bertz CT molecular complexity index is 1760. The Morgan fingerprint density at radius 3 is 2.38 bits per heavy atom. The van der Waals surface area contributed by atoms with Crippen LogP contribution in [0.2, 0.25) is 0 Å². The molecular formula is C27H29N9O3. The molecular weight excluding hydrogens is 498 g/mol. The lowest BCUT2D eigenvalue weighted by Crippen LogP contribution is -2.43. The SMILES string of the molecule is COc1ccc(Cn2c(NCc3c(C)cc(C)nc3N)nc(=O)n(Cc3ccc4c(c3)nnn4C)c2=O)cc1. The van der Waals surface area contributed by atoms with E-state index in [1.807, 2.05) is 62.4 Å². The van der Waals surface area contributed by atoms with Crippen LogP contribution in [0.25, 0.3) is 11.0 Å². The van der Waals surface area contributed by atoms with E-state index in [0.29, 0.717) is 17.1 Å². The molecule has 12 heteroatoms. The Kier molecular flexibility index (Phi) is 6.84. The number of nitrogen functional groups attached to an aromatic ring is 1. The van der Waals surface area contributed by atoms with Gasteiger partial charge in [-0.05, 0) is 60.9 Å². The zero-order chi connectivity index (χ0) is 27.7. The molecule has 12 nitrogen and oxygen atoms in total. The molecule has 0 spiro atoms. The Hall–Kier alpha value is -5.00. The quantitative estimate of drug-likeness (QED) is 0.309. The zero-order valence-corrected chi connectivity index (χ0v) is 22.2. The van der Waals surface area contributed by atoms with E-state index in [4.69, 9.17) is 10.5 Å². The van der Waals surface area contributed by atoms with Crippen LogP contribution in [-0.4, -0.2) is 41.2 Å². The number of rotatable bonds is 8. The van der Waals surface area contributed by atoms with E-state index in [-0.39, 0.29) is 25.6 Å². The largest absolute Gasteiger partial charge is 0.497 e. The fourth-order valence-electron chi connectivity index (χ4n) is 4.51. The minimum absolute atomic E-state index is 0.0357. The number of nitrogens with two attached hydrogens (primary N) is 1. The van der Waals surface area contributed by atoms with Gasteiger partial charge >= 0.3 is 11.4 Å². The first-order valence-corrected chi connectivity index (χ1v) is 12.3. The molecule has 0 saturated heterocycles. The molecule has 3 aromatic heterocycles. The minimum Gasteiger partial charge on any atom is -0.497 e. The molecule has 3 heterocycles. The number of benzene rings is 2. The van der Waals surface area contributed by atoms with Gasteiger partial charge < -0.3 is 15.8 Å². The highest BCUT2D eigenvalue weighted by Crippen LogP contribution is 2.18. The maximum Gasteiger partial charge on any atom is 0.355 e. The van der Waals surface area contributed by atoms with Gasteiger partial charge in [0.1, 0.15) is 17.1 Å². The van der Waals surface area contributed by atoms with Crippen LogP contribution in [0.5, 0.6) is 5.75 Å². The Morgan fingerprint density at radius 2 is 1.67 bits per heavy atom. The molecule has 0 unspecified atom stereocenters.